The zero-order valence-corrected chi connectivity index (χ0v) is 17.6. The lowest BCUT2D eigenvalue weighted by Crippen LogP contribution is -2.42. The van der Waals surface area contributed by atoms with Crippen LogP contribution in [0.2, 0.25) is 0 Å². The van der Waals surface area contributed by atoms with Crippen LogP contribution in [0.15, 0.2) is 24.3 Å². The maximum Gasteiger partial charge on any atom is 0.239 e. The van der Waals surface area contributed by atoms with E-state index in [0.29, 0.717) is 22.7 Å². The summed E-state index contributed by atoms with van der Waals surface area (Å²) in [7, 11) is 0. The van der Waals surface area contributed by atoms with E-state index in [4.69, 9.17) is 0 Å². The number of likely N-dealkylation sites (tertiary alicyclic amines) is 1. The van der Waals surface area contributed by atoms with Crippen LogP contribution in [0.25, 0.3) is 0 Å². The van der Waals surface area contributed by atoms with Crippen LogP contribution in [0, 0.1) is 5.82 Å². The van der Waals surface area contributed by atoms with Crippen molar-refractivity contribution in [3.05, 3.63) is 51.7 Å². The number of piperidine rings is 1. The molecule has 0 radical (unpaired) electrons. The van der Waals surface area contributed by atoms with E-state index < -0.39 is 11.9 Å². The third-order valence-corrected chi connectivity index (χ3v) is 7.55. The molecule has 3 heterocycles. The van der Waals surface area contributed by atoms with Crippen molar-refractivity contribution in [1.82, 2.24) is 4.90 Å². The van der Waals surface area contributed by atoms with E-state index in [-0.39, 0.29) is 18.2 Å². The van der Waals surface area contributed by atoms with Crippen LogP contribution in [0.4, 0.5) is 9.39 Å². The monoisotopic (exact) mass is 434 g/mol. The predicted octanol–water partition coefficient (Wildman–Crippen LogP) is 3.30. The number of thiophene rings is 1. The molecule has 154 valence electrons. The lowest BCUT2D eigenvalue weighted by molar-refractivity contribution is -0.117. The Balaban J connectivity index is 1.58. The van der Waals surface area contributed by atoms with Crippen molar-refractivity contribution in [3.63, 3.8) is 0 Å². The SMILES string of the molecule is O=C(CN1CCCC(O)C1)Nc1sc2c(c1C(=O)c1cccc(F)c1)CCSC2. The molecule has 2 aliphatic rings. The van der Waals surface area contributed by atoms with Crippen molar-refractivity contribution in [2.45, 2.75) is 31.1 Å². The second kappa shape index (κ2) is 8.95. The number of hydrogen-bond donors (Lipinski definition) is 2. The molecule has 1 amide bonds. The van der Waals surface area contributed by atoms with E-state index in [0.717, 1.165) is 47.8 Å². The molecule has 0 aliphatic carbocycles. The lowest BCUT2D eigenvalue weighted by Gasteiger charge is -2.29. The number of benzene rings is 1. The van der Waals surface area contributed by atoms with Crippen molar-refractivity contribution in [3.8, 4) is 0 Å². The summed E-state index contributed by atoms with van der Waals surface area (Å²) in [6.45, 7) is 1.44. The Morgan fingerprint density at radius 1 is 1.34 bits per heavy atom. The van der Waals surface area contributed by atoms with Gasteiger partial charge in [0.2, 0.25) is 5.91 Å². The number of aliphatic hydroxyl groups is 1. The quantitative estimate of drug-likeness (QED) is 0.707. The number of halogens is 1. The number of β-amino-alcohol motifs (C(OH)–C–C–N with tert-alkyl or cyclic N) is 1. The van der Waals surface area contributed by atoms with Gasteiger partial charge in [0.25, 0.3) is 0 Å². The van der Waals surface area contributed by atoms with Crippen LogP contribution in [0.3, 0.4) is 0 Å². The van der Waals surface area contributed by atoms with Gasteiger partial charge >= 0.3 is 0 Å². The van der Waals surface area contributed by atoms with Crippen molar-refractivity contribution >= 4 is 39.8 Å². The van der Waals surface area contributed by atoms with Gasteiger partial charge in [0.1, 0.15) is 10.8 Å². The maximum absolute atomic E-state index is 13.7. The lowest BCUT2D eigenvalue weighted by atomic mass is 9.98. The molecule has 0 spiro atoms. The number of carbonyl (C=O) groups is 2. The smallest absolute Gasteiger partial charge is 0.239 e. The largest absolute Gasteiger partial charge is 0.392 e. The fraction of sp³-hybridized carbons (Fsp3) is 0.429. The Kier molecular flexibility index (Phi) is 6.34. The highest BCUT2D eigenvalue weighted by molar-refractivity contribution is 7.98. The molecule has 2 aromatic rings. The van der Waals surface area contributed by atoms with Crippen molar-refractivity contribution in [2.24, 2.45) is 0 Å². The van der Waals surface area contributed by atoms with Gasteiger partial charge in [0, 0.05) is 22.7 Å². The molecule has 8 heteroatoms. The number of ketones is 1. The molecule has 1 unspecified atom stereocenters. The normalized spacial score (nSPS) is 19.6. The first kappa shape index (κ1) is 20.5. The summed E-state index contributed by atoms with van der Waals surface area (Å²) in [5, 5.41) is 13.3. The molecule has 2 N–H and O–H groups in total. The standard InChI is InChI=1S/C21H23FN2O3S2/c22-14-4-1-3-13(9-14)20(27)19-16-6-8-28-12-17(16)29-21(19)23-18(26)11-24-7-2-5-15(25)10-24/h1,3-4,9,15,25H,2,5-8,10-12H2,(H,23,26). The third kappa shape index (κ3) is 4.71. The van der Waals surface area contributed by atoms with E-state index in [1.807, 2.05) is 16.7 Å². The highest BCUT2D eigenvalue weighted by atomic mass is 32.2. The number of nitrogens with one attached hydrogen (secondary N) is 1. The van der Waals surface area contributed by atoms with Crippen molar-refractivity contribution in [2.75, 3.05) is 30.7 Å². The second-order valence-corrected chi connectivity index (χ2v) is 9.64. The summed E-state index contributed by atoms with van der Waals surface area (Å²) in [6, 6.07) is 5.68. The van der Waals surface area contributed by atoms with Crippen LogP contribution in [0.1, 0.15) is 39.2 Å². The van der Waals surface area contributed by atoms with Gasteiger partial charge in [-0.1, -0.05) is 12.1 Å². The highest BCUT2D eigenvalue weighted by Crippen LogP contribution is 2.40. The third-order valence-electron chi connectivity index (χ3n) is 5.23. The van der Waals surface area contributed by atoms with Crippen LogP contribution in [0.5, 0.6) is 0 Å². The summed E-state index contributed by atoms with van der Waals surface area (Å²) in [5.74, 6) is 0.838. The fourth-order valence-corrected chi connectivity index (χ4v) is 6.27. The number of amides is 1. The summed E-state index contributed by atoms with van der Waals surface area (Å²) < 4.78 is 13.7. The van der Waals surface area contributed by atoms with Gasteiger partial charge in [0.05, 0.1) is 18.2 Å². The number of nitrogens with zero attached hydrogens (tertiary/aromatic N) is 1. The zero-order valence-electron chi connectivity index (χ0n) is 15.9. The predicted molar refractivity (Wildman–Crippen MR) is 114 cm³/mol. The van der Waals surface area contributed by atoms with Gasteiger partial charge in [-0.15, -0.1) is 11.3 Å². The first-order chi connectivity index (χ1) is 14.0. The van der Waals surface area contributed by atoms with Crippen LogP contribution < -0.4 is 5.32 Å². The molecule has 0 bridgehead atoms. The molecule has 4 rings (SSSR count). The van der Waals surface area contributed by atoms with Crippen molar-refractivity contribution < 1.29 is 19.1 Å². The fourth-order valence-electron chi connectivity index (χ4n) is 3.88. The number of fused-ring (bicyclic) bond motifs is 1. The Morgan fingerprint density at radius 3 is 3.00 bits per heavy atom. The molecule has 2 aliphatic heterocycles. The minimum atomic E-state index is -0.454. The molecule has 1 atom stereocenters. The highest BCUT2D eigenvalue weighted by Gasteiger charge is 2.28. The molecular weight excluding hydrogens is 411 g/mol. The Morgan fingerprint density at radius 2 is 2.21 bits per heavy atom. The minimum absolute atomic E-state index is 0.183. The van der Waals surface area contributed by atoms with E-state index >= 15 is 0 Å². The Bertz CT molecular complexity index is 931. The van der Waals surface area contributed by atoms with Gasteiger partial charge in [-0.05, 0) is 49.3 Å². The molecule has 0 saturated carbocycles. The van der Waals surface area contributed by atoms with E-state index in [9.17, 15) is 19.1 Å². The molecule has 1 saturated heterocycles. The van der Waals surface area contributed by atoms with E-state index in [1.165, 1.54) is 29.5 Å². The van der Waals surface area contributed by atoms with E-state index in [1.54, 1.807) is 6.07 Å². The summed E-state index contributed by atoms with van der Waals surface area (Å²) >= 11 is 3.25. The van der Waals surface area contributed by atoms with Crippen molar-refractivity contribution in [1.29, 1.82) is 0 Å². The van der Waals surface area contributed by atoms with Gasteiger partial charge in [-0.2, -0.15) is 11.8 Å². The minimum Gasteiger partial charge on any atom is -0.392 e. The summed E-state index contributed by atoms with van der Waals surface area (Å²) in [5.41, 5.74) is 1.77. The molecule has 1 aromatic carbocycles. The van der Waals surface area contributed by atoms with Gasteiger partial charge in [-0.3, -0.25) is 14.5 Å². The number of hydrogen-bond acceptors (Lipinski definition) is 6. The first-order valence-electron chi connectivity index (χ1n) is 9.74. The number of aliphatic hydroxyl groups excluding tert-OH is 1. The summed E-state index contributed by atoms with van der Waals surface area (Å²) in [6.07, 6.45) is 2.00. The zero-order chi connectivity index (χ0) is 20.4. The van der Waals surface area contributed by atoms with Gasteiger partial charge < -0.3 is 10.4 Å². The molecule has 1 fully saturated rings. The number of thioether (sulfide) groups is 1. The molecule has 29 heavy (non-hydrogen) atoms. The average molecular weight is 435 g/mol. The Labute approximate surface area is 177 Å². The summed E-state index contributed by atoms with van der Waals surface area (Å²) in [4.78, 5) is 28.9. The average Bonchev–Trinajstić information content (AvgIpc) is 3.05. The number of carbonyl (C=O) groups excluding carboxylic acids is 2. The van der Waals surface area contributed by atoms with E-state index in [2.05, 4.69) is 5.32 Å². The van der Waals surface area contributed by atoms with Crippen LogP contribution in [-0.4, -0.2) is 53.2 Å². The first-order valence-corrected chi connectivity index (χ1v) is 11.7. The van der Waals surface area contributed by atoms with Crippen LogP contribution in [-0.2, 0) is 17.0 Å². The molecule has 1 aromatic heterocycles. The number of rotatable bonds is 5. The maximum atomic E-state index is 13.7. The Hall–Kier alpha value is -1.74. The second-order valence-electron chi connectivity index (χ2n) is 7.43. The topological polar surface area (TPSA) is 69.6 Å². The number of anilines is 1. The molecular formula is C21H23FN2O3S2. The molecule has 5 nitrogen and oxygen atoms in total. The van der Waals surface area contributed by atoms with Gasteiger partial charge in [-0.25, -0.2) is 4.39 Å². The van der Waals surface area contributed by atoms with Crippen LogP contribution >= 0.6 is 23.1 Å². The van der Waals surface area contributed by atoms with Gasteiger partial charge in [0.15, 0.2) is 5.78 Å².